The minimum Gasteiger partial charge on any atom is -0.328 e. The van der Waals surface area contributed by atoms with Crippen LogP contribution in [0.4, 0.5) is 4.79 Å². The Kier molecular flexibility index (Phi) is 4.12. The number of rotatable bonds is 3. The number of nitrogens with two attached hydrogens (primary N) is 1. The summed E-state index contributed by atoms with van der Waals surface area (Å²) < 4.78 is 0. The Bertz CT molecular complexity index is 309. The predicted octanol–water partition coefficient (Wildman–Crippen LogP) is 0.411. The molecule has 18 heavy (non-hydrogen) atoms. The first-order valence-electron chi connectivity index (χ1n) is 6.96. The van der Waals surface area contributed by atoms with Crippen LogP contribution >= 0.6 is 0 Å². The summed E-state index contributed by atoms with van der Waals surface area (Å²) in [5.74, 6) is 0.604. The monoisotopic (exact) mass is 254 g/mol. The van der Waals surface area contributed by atoms with Gasteiger partial charge in [0.2, 0.25) is 0 Å². The van der Waals surface area contributed by atoms with Gasteiger partial charge in [0.15, 0.2) is 0 Å². The molecule has 0 radical (unpaired) electrons. The van der Waals surface area contributed by atoms with E-state index in [-0.39, 0.29) is 12.1 Å². The number of likely N-dealkylation sites (N-methyl/N-ethyl adjacent to an activating group) is 1. The highest BCUT2D eigenvalue weighted by atomic mass is 16.2. The second-order valence-corrected chi connectivity index (χ2v) is 5.86. The Balaban J connectivity index is 2.03. The fourth-order valence-corrected chi connectivity index (χ4v) is 3.23. The molecule has 0 aromatic heterocycles. The Morgan fingerprint density at radius 2 is 2.11 bits per heavy atom. The predicted molar refractivity (Wildman–Crippen MR) is 72.4 cm³/mol. The van der Waals surface area contributed by atoms with Crippen molar-refractivity contribution in [2.24, 2.45) is 11.7 Å². The highest BCUT2D eigenvalue weighted by Crippen LogP contribution is 2.28. The van der Waals surface area contributed by atoms with Crippen molar-refractivity contribution in [2.45, 2.75) is 31.8 Å². The van der Waals surface area contributed by atoms with Gasteiger partial charge in [0.25, 0.3) is 0 Å². The van der Waals surface area contributed by atoms with E-state index in [0.29, 0.717) is 18.5 Å². The van der Waals surface area contributed by atoms with Gasteiger partial charge in [0, 0.05) is 32.7 Å². The largest absolute Gasteiger partial charge is 0.328 e. The molecular formula is C13H26N4O. The van der Waals surface area contributed by atoms with E-state index < -0.39 is 0 Å². The Morgan fingerprint density at radius 1 is 1.39 bits per heavy atom. The van der Waals surface area contributed by atoms with Crippen molar-refractivity contribution < 1.29 is 4.79 Å². The zero-order valence-electron chi connectivity index (χ0n) is 11.8. The third kappa shape index (κ3) is 2.47. The summed E-state index contributed by atoms with van der Waals surface area (Å²) in [7, 11) is 4.11. The van der Waals surface area contributed by atoms with Crippen molar-refractivity contribution in [1.29, 1.82) is 0 Å². The van der Waals surface area contributed by atoms with E-state index in [1.54, 1.807) is 0 Å². The summed E-state index contributed by atoms with van der Waals surface area (Å²) >= 11 is 0. The second-order valence-electron chi connectivity index (χ2n) is 5.86. The number of nitrogens with zero attached hydrogens (tertiary/aromatic N) is 3. The number of urea groups is 1. The first-order valence-corrected chi connectivity index (χ1v) is 6.96. The van der Waals surface area contributed by atoms with E-state index in [2.05, 4.69) is 11.9 Å². The number of carbonyl (C=O) groups excluding carboxylic acids is 1. The van der Waals surface area contributed by atoms with Gasteiger partial charge >= 0.3 is 6.03 Å². The Labute approximate surface area is 110 Å². The quantitative estimate of drug-likeness (QED) is 0.794. The lowest BCUT2D eigenvalue weighted by Gasteiger charge is -2.35. The van der Waals surface area contributed by atoms with E-state index in [1.165, 1.54) is 19.4 Å². The average Bonchev–Trinajstić information content (AvgIpc) is 2.66. The van der Waals surface area contributed by atoms with Crippen molar-refractivity contribution in [2.75, 3.05) is 40.3 Å². The number of amides is 2. The van der Waals surface area contributed by atoms with Gasteiger partial charge in [-0.1, -0.05) is 0 Å². The van der Waals surface area contributed by atoms with E-state index in [0.717, 1.165) is 13.1 Å². The van der Waals surface area contributed by atoms with Crippen molar-refractivity contribution in [1.82, 2.24) is 14.7 Å². The van der Waals surface area contributed by atoms with Crippen LogP contribution in [0.3, 0.4) is 0 Å². The number of hydrogen-bond donors (Lipinski definition) is 1. The van der Waals surface area contributed by atoms with Crippen LogP contribution in [0.5, 0.6) is 0 Å². The van der Waals surface area contributed by atoms with E-state index in [4.69, 9.17) is 5.73 Å². The molecule has 2 fully saturated rings. The molecule has 2 aliphatic heterocycles. The van der Waals surface area contributed by atoms with E-state index >= 15 is 0 Å². The van der Waals surface area contributed by atoms with Gasteiger partial charge in [0.05, 0.1) is 6.04 Å². The number of carbonyl (C=O) groups is 1. The zero-order valence-corrected chi connectivity index (χ0v) is 11.8. The first-order chi connectivity index (χ1) is 8.54. The minimum atomic E-state index is 0.145. The smallest absolute Gasteiger partial charge is 0.320 e. The molecule has 2 rings (SSSR count). The summed E-state index contributed by atoms with van der Waals surface area (Å²) in [6.45, 7) is 5.70. The summed E-state index contributed by atoms with van der Waals surface area (Å²) in [6, 6.07) is 0.645. The molecule has 2 heterocycles. The van der Waals surface area contributed by atoms with E-state index in [1.807, 2.05) is 23.8 Å². The molecule has 104 valence electrons. The molecular weight excluding hydrogens is 228 g/mol. The summed E-state index contributed by atoms with van der Waals surface area (Å²) in [6.07, 6.45) is 2.48. The van der Waals surface area contributed by atoms with Gasteiger partial charge in [-0.25, -0.2) is 4.79 Å². The first kappa shape index (κ1) is 13.6. The van der Waals surface area contributed by atoms with Crippen molar-refractivity contribution >= 4 is 6.03 Å². The molecule has 5 nitrogen and oxygen atoms in total. The molecule has 3 unspecified atom stereocenters. The summed E-state index contributed by atoms with van der Waals surface area (Å²) in [5, 5.41) is 0. The number of likely N-dealkylation sites (tertiary alicyclic amines) is 1. The molecule has 0 aliphatic carbocycles. The lowest BCUT2D eigenvalue weighted by Crippen LogP contribution is -2.44. The molecule has 2 N–H and O–H groups in total. The van der Waals surface area contributed by atoms with Crippen molar-refractivity contribution in [3.63, 3.8) is 0 Å². The van der Waals surface area contributed by atoms with Gasteiger partial charge in [-0.2, -0.15) is 0 Å². The van der Waals surface area contributed by atoms with Crippen LogP contribution in [0, 0.1) is 5.92 Å². The molecule has 0 aromatic carbocycles. The third-order valence-corrected chi connectivity index (χ3v) is 4.51. The zero-order chi connectivity index (χ0) is 13.3. The standard InChI is InChI=1S/C13H26N4O/c1-10(7-14)17-9-12(16(3)13(17)18)11-5-4-6-15(2)8-11/h10-12H,4-9,14H2,1-3H3. The van der Waals surface area contributed by atoms with Gasteiger partial charge in [-0.15, -0.1) is 0 Å². The molecule has 0 bridgehead atoms. The van der Waals surface area contributed by atoms with Crippen LogP contribution in [0.25, 0.3) is 0 Å². The molecule has 2 saturated heterocycles. The molecule has 2 aliphatic rings. The molecule has 0 aromatic rings. The second kappa shape index (κ2) is 5.45. The molecule has 2 amide bonds. The lowest BCUT2D eigenvalue weighted by molar-refractivity contribution is 0.141. The van der Waals surface area contributed by atoms with Gasteiger partial charge in [0.1, 0.15) is 0 Å². The van der Waals surface area contributed by atoms with Crippen LogP contribution in [0.1, 0.15) is 19.8 Å². The average molecular weight is 254 g/mol. The fraction of sp³-hybridized carbons (Fsp3) is 0.923. The fourth-order valence-electron chi connectivity index (χ4n) is 3.23. The van der Waals surface area contributed by atoms with Crippen molar-refractivity contribution in [3.8, 4) is 0 Å². The van der Waals surface area contributed by atoms with Crippen LogP contribution in [0.2, 0.25) is 0 Å². The molecule has 0 saturated carbocycles. The molecule has 5 heteroatoms. The highest BCUT2D eigenvalue weighted by Gasteiger charge is 2.41. The van der Waals surface area contributed by atoms with E-state index in [9.17, 15) is 4.79 Å². The van der Waals surface area contributed by atoms with Gasteiger partial charge in [-0.3, -0.25) is 0 Å². The highest BCUT2D eigenvalue weighted by molar-refractivity contribution is 5.77. The Hall–Kier alpha value is -0.810. The summed E-state index contributed by atoms with van der Waals surface area (Å²) in [4.78, 5) is 18.5. The maximum Gasteiger partial charge on any atom is 0.320 e. The molecule has 0 spiro atoms. The topological polar surface area (TPSA) is 52.8 Å². The van der Waals surface area contributed by atoms with Crippen LogP contribution in [0.15, 0.2) is 0 Å². The lowest BCUT2D eigenvalue weighted by atomic mass is 9.90. The maximum absolute atomic E-state index is 12.2. The van der Waals surface area contributed by atoms with Crippen LogP contribution in [-0.2, 0) is 0 Å². The third-order valence-electron chi connectivity index (χ3n) is 4.51. The number of hydrogen-bond acceptors (Lipinski definition) is 3. The maximum atomic E-state index is 12.2. The number of piperidine rings is 1. The van der Waals surface area contributed by atoms with Gasteiger partial charge < -0.3 is 20.4 Å². The molecule has 3 atom stereocenters. The minimum absolute atomic E-state index is 0.145. The summed E-state index contributed by atoms with van der Waals surface area (Å²) in [5.41, 5.74) is 5.68. The normalized spacial score (nSPS) is 32.1. The van der Waals surface area contributed by atoms with Crippen LogP contribution in [-0.4, -0.2) is 73.1 Å². The van der Waals surface area contributed by atoms with Crippen molar-refractivity contribution in [3.05, 3.63) is 0 Å². The van der Waals surface area contributed by atoms with Crippen LogP contribution < -0.4 is 5.73 Å². The SMILES string of the molecule is CC(CN)N1CC(C2CCCN(C)C2)N(C)C1=O. The van der Waals surface area contributed by atoms with Gasteiger partial charge in [-0.05, 0) is 39.3 Å². The Morgan fingerprint density at radius 3 is 2.72 bits per heavy atom.